The summed E-state index contributed by atoms with van der Waals surface area (Å²) in [5.41, 5.74) is 8.07. The lowest BCUT2D eigenvalue weighted by molar-refractivity contribution is -0.136. The molecule has 0 aromatic heterocycles. The van der Waals surface area contributed by atoms with Crippen LogP contribution in [0.5, 0.6) is 0 Å². The molecule has 6 heteroatoms. The lowest BCUT2D eigenvalue weighted by atomic mass is 9.97. The SMILES string of the molecule is Cl.N[C@H]1C[C@H](C(=O)N2CCc3c(Cl)cccc3C2)C[C@@H]1O. The number of nitrogens with zero attached hydrogens (tertiary/aromatic N) is 1. The van der Waals surface area contributed by atoms with Gasteiger partial charge in [-0.05, 0) is 36.5 Å². The van der Waals surface area contributed by atoms with Crippen LogP contribution in [0.3, 0.4) is 0 Å². The van der Waals surface area contributed by atoms with Crippen LogP contribution in [0.4, 0.5) is 0 Å². The highest BCUT2D eigenvalue weighted by atomic mass is 35.5. The van der Waals surface area contributed by atoms with Crippen LogP contribution in [0.15, 0.2) is 18.2 Å². The number of benzene rings is 1. The third kappa shape index (κ3) is 3.19. The molecule has 0 radical (unpaired) electrons. The van der Waals surface area contributed by atoms with Gasteiger partial charge in [0.05, 0.1) is 6.10 Å². The van der Waals surface area contributed by atoms with Crippen molar-refractivity contribution in [1.82, 2.24) is 4.90 Å². The third-order valence-corrected chi connectivity index (χ3v) is 4.80. The Labute approximate surface area is 135 Å². The average molecular weight is 331 g/mol. The standard InChI is InChI=1S/C15H19ClN2O2.ClH/c16-12-3-1-2-9-8-18(5-4-11(9)12)15(20)10-6-13(17)14(19)7-10;/h1-3,10,13-14,19H,4-8,17H2;1H/t10-,13-,14-;/m0./s1. The molecule has 1 aliphatic carbocycles. The van der Waals surface area contributed by atoms with Crippen molar-refractivity contribution in [2.45, 2.75) is 38.0 Å². The number of aliphatic hydroxyl groups is 1. The fraction of sp³-hybridized carbons (Fsp3) is 0.533. The number of fused-ring (bicyclic) bond motifs is 1. The fourth-order valence-corrected chi connectivity index (χ4v) is 3.55. The number of carbonyl (C=O) groups is 1. The molecule has 1 aliphatic heterocycles. The summed E-state index contributed by atoms with van der Waals surface area (Å²) < 4.78 is 0. The van der Waals surface area contributed by atoms with Crippen LogP contribution in [-0.2, 0) is 17.8 Å². The Morgan fingerprint density at radius 3 is 2.81 bits per heavy atom. The van der Waals surface area contributed by atoms with E-state index in [-0.39, 0.29) is 30.3 Å². The molecule has 1 aromatic rings. The minimum atomic E-state index is -0.546. The van der Waals surface area contributed by atoms with E-state index in [0.717, 1.165) is 22.6 Å². The highest BCUT2D eigenvalue weighted by Crippen LogP contribution is 2.30. The van der Waals surface area contributed by atoms with Gasteiger partial charge in [0, 0.05) is 30.1 Å². The lowest BCUT2D eigenvalue weighted by Gasteiger charge is -2.31. The van der Waals surface area contributed by atoms with E-state index in [1.165, 1.54) is 0 Å². The Kier molecular flexibility index (Phi) is 5.15. The summed E-state index contributed by atoms with van der Waals surface area (Å²) in [4.78, 5) is 14.4. The van der Waals surface area contributed by atoms with E-state index in [2.05, 4.69) is 0 Å². The van der Waals surface area contributed by atoms with Gasteiger partial charge in [0.25, 0.3) is 0 Å². The number of hydrogen-bond acceptors (Lipinski definition) is 3. The molecule has 0 unspecified atom stereocenters. The maximum atomic E-state index is 12.5. The monoisotopic (exact) mass is 330 g/mol. The zero-order chi connectivity index (χ0) is 14.3. The highest BCUT2D eigenvalue weighted by molar-refractivity contribution is 6.31. The van der Waals surface area contributed by atoms with Gasteiger partial charge in [0.15, 0.2) is 0 Å². The second-order valence-electron chi connectivity index (χ2n) is 5.79. The minimum Gasteiger partial charge on any atom is -0.391 e. The predicted octanol–water partition coefficient (Wildman–Crippen LogP) is 1.74. The zero-order valence-corrected chi connectivity index (χ0v) is 13.2. The Balaban J connectivity index is 0.00000161. The Morgan fingerprint density at radius 2 is 2.14 bits per heavy atom. The Bertz CT molecular complexity index is 528. The van der Waals surface area contributed by atoms with Crippen LogP contribution in [0.1, 0.15) is 24.0 Å². The molecule has 1 heterocycles. The van der Waals surface area contributed by atoms with Crippen molar-refractivity contribution in [2.75, 3.05) is 6.54 Å². The first-order valence-electron chi connectivity index (χ1n) is 7.05. The predicted molar refractivity (Wildman–Crippen MR) is 84.5 cm³/mol. The van der Waals surface area contributed by atoms with Crippen molar-refractivity contribution in [3.8, 4) is 0 Å². The van der Waals surface area contributed by atoms with Gasteiger partial charge in [-0.2, -0.15) is 0 Å². The van der Waals surface area contributed by atoms with E-state index in [9.17, 15) is 9.90 Å². The van der Waals surface area contributed by atoms with Gasteiger partial charge in [0.1, 0.15) is 0 Å². The summed E-state index contributed by atoms with van der Waals surface area (Å²) in [7, 11) is 0. The van der Waals surface area contributed by atoms with E-state index in [4.69, 9.17) is 17.3 Å². The second kappa shape index (κ2) is 6.53. The Morgan fingerprint density at radius 1 is 1.38 bits per heavy atom. The molecule has 21 heavy (non-hydrogen) atoms. The van der Waals surface area contributed by atoms with Crippen LogP contribution in [-0.4, -0.2) is 34.6 Å². The van der Waals surface area contributed by atoms with Crippen LogP contribution >= 0.6 is 24.0 Å². The number of nitrogens with two attached hydrogens (primary N) is 1. The van der Waals surface area contributed by atoms with Gasteiger partial charge in [-0.25, -0.2) is 0 Å². The molecular formula is C15H20Cl2N2O2. The summed E-state index contributed by atoms with van der Waals surface area (Å²) in [5.74, 6) is -0.0247. The van der Waals surface area contributed by atoms with E-state index in [0.29, 0.717) is 25.9 Å². The van der Waals surface area contributed by atoms with E-state index in [1.54, 1.807) is 0 Å². The molecule has 3 atom stereocenters. The number of amides is 1. The van der Waals surface area contributed by atoms with Crippen LogP contribution in [0.25, 0.3) is 0 Å². The quantitative estimate of drug-likeness (QED) is 0.824. The highest BCUT2D eigenvalue weighted by Gasteiger charge is 2.37. The van der Waals surface area contributed by atoms with Crippen molar-refractivity contribution in [3.63, 3.8) is 0 Å². The molecular weight excluding hydrogens is 311 g/mol. The normalized spacial score (nSPS) is 28.0. The molecule has 0 bridgehead atoms. The van der Waals surface area contributed by atoms with Crippen LogP contribution < -0.4 is 5.73 Å². The van der Waals surface area contributed by atoms with Crippen molar-refractivity contribution >= 4 is 29.9 Å². The molecule has 2 aliphatic rings. The molecule has 116 valence electrons. The summed E-state index contributed by atoms with van der Waals surface area (Å²) in [6.45, 7) is 1.30. The molecule has 3 N–H and O–H groups in total. The van der Waals surface area contributed by atoms with Crippen molar-refractivity contribution in [1.29, 1.82) is 0 Å². The summed E-state index contributed by atoms with van der Waals surface area (Å²) in [6, 6.07) is 5.57. The molecule has 4 nitrogen and oxygen atoms in total. The maximum Gasteiger partial charge on any atom is 0.226 e. The van der Waals surface area contributed by atoms with E-state index >= 15 is 0 Å². The van der Waals surface area contributed by atoms with E-state index in [1.807, 2.05) is 23.1 Å². The van der Waals surface area contributed by atoms with Gasteiger partial charge >= 0.3 is 0 Å². The molecule has 1 amide bonds. The van der Waals surface area contributed by atoms with Crippen LogP contribution in [0.2, 0.25) is 5.02 Å². The van der Waals surface area contributed by atoms with Gasteiger partial charge in [-0.3, -0.25) is 4.79 Å². The van der Waals surface area contributed by atoms with Gasteiger partial charge in [-0.15, -0.1) is 12.4 Å². The van der Waals surface area contributed by atoms with Crippen molar-refractivity contribution in [3.05, 3.63) is 34.3 Å². The topological polar surface area (TPSA) is 66.6 Å². The summed E-state index contributed by atoms with van der Waals surface area (Å²) in [5, 5.41) is 10.5. The Hall–Kier alpha value is -0.810. The smallest absolute Gasteiger partial charge is 0.226 e. The molecule has 1 fully saturated rings. The number of aliphatic hydroxyl groups excluding tert-OH is 1. The van der Waals surface area contributed by atoms with Gasteiger partial charge in [0.2, 0.25) is 5.91 Å². The van der Waals surface area contributed by atoms with Crippen molar-refractivity contribution < 1.29 is 9.90 Å². The molecule has 0 saturated heterocycles. The molecule has 1 saturated carbocycles. The minimum absolute atomic E-state index is 0. The number of rotatable bonds is 1. The third-order valence-electron chi connectivity index (χ3n) is 4.45. The largest absolute Gasteiger partial charge is 0.391 e. The molecule has 1 aromatic carbocycles. The summed E-state index contributed by atoms with van der Waals surface area (Å²) >= 11 is 6.18. The molecule has 3 rings (SSSR count). The van der Waals surface area contributed by atoms with Gasteiger partial charge < -0.3 is 15.7 Å². The van der Waals surface area contributed by atoms with Crippen molar-refractivity contribution in [2.24, 2.45) is 11.7 Å². The first-order chi connectivity index (χ1) is 9.56. The zero-order valence-electron chi connectivity index (χ0n) is 11.7. The lowest BCUT2D eigenvalue weighted by Crippen LogP contribution is -2.39. The summed E-state index contributed by atoms with van der Waals surface area (Å²) in [6.07, 6.45) is 1.32. The first kappa shape index (κ1) is 16.6. The fourth-order valence-electron chi connectivity index (χ4n) is 3.26. The van der Waals surface area contributed by atoms with Crippen LogP contribution in [0, 0.1) is 5.92 Å². The average Bonchev–Trinajstić information content (AvgIpc) is 2.78. The number of carbonyl (C=O) groups excluding carboxylic acids is 1. The van der Waals surface area contributed by atoms with Gasteiger partial charge in [-0.1, -0.05) is 23.7 Å². The first-order valence-corrected chi connectivity index (χ1v) is 7.42. The van der Waals surface area contributed by atoms with E-state index < -0.39 is 6.10 Å². The second-order valence-corrected chi connectivity index (χ2v) is 6.19. The molecule has 0 spiro atoms. The number of hydrogen-bond donors (Lipinski definition) is 2. The maximum absolute atomic E-state index is 12.5. The number of halogens is 2.